The van der Waals surface area contributed by atoms with Crippen LogP contribution in [-0.2, 0) is 11.8 Å². The summed E-state index contributed by atoms with van der Waals surface area (Å²) < 4.78 is 15.3. The number of aryl methyl sites for hydroxylation is 1. The highest BCUT2D eigenvalue weighted by atomic mass is 16.5. The Morgan fingerprint density at radius 2 is 1.86 bits per heavy atom. The molecule has 1 fully saturated rings. The van der Waals surface area contributed by atoms with Gasteiger partial charge < -0.3 is 14.4 Å². The van der Waals surface area contributed by atoms with Crippen LogP contribution >= 0.6 is 0 Å². The summed E-state index contributed by atoms with van der Waals surface area (Å²) in [6, 6.07) is 14.7. The first kappa shape index (κ1) is 24.5. The quantitative estimate of drug-likeness (QED) is 0.326. The standard InChI is InChI=1S/C29H36N4O3/c1-31(2)15-6-16-36-23-12-9-20(10-13-23)21-11-14-26-25(17-21)28-27(19-30-26)32(3)29(34)33(28)22-7-5-8-24(18-22)35-4/h9-14,17,19,22,24H,5-8,15-16,18H2,1-4H3/t22-,24+/m1/s1. The summed E-state index contributed by atoms with van der Waals surface area (Å²) in [4.78, 5) is 20.2. The van der Waals surface area contributed by atoms with Crippen LogP contribution in [0.1, 0.15) is 38.1 Å². The molecule has 1 saturated carbocycles. The van der Waals surface area contributed by atoms with E-state index in [2.05, 4.69) is 54.3 Å². The van der Waals surface area contributed by atoms with Crippen molar-refractivity contribution in [1.29, 1.82) is 0 Å². The normalized spacial score (nSPS) is 18.4. The zero-order valence-corrected chi connectivity index (χ0v) is 21.7. The molecule has 190 valence electrons. The number of fused-ring (bicyclic) bond motifs is 3. The second kappa shape index (κ2) is 10.4. The third kappa shape index (κ3) is 4.77. The highest BCUT2D eigenvalue weighted by molar-refractivity contribution is 6.04. The molecule has 2 aromatic heterocycles. The molecule has 7 heteroatoms. The lowest BCUT2D eigenvalue weighted by Crippen LogP contribution is -2.31. The summed E-state index contributed by atoms with van der Waals surface area (Å²) >= 11 is 0. The number of methoxy groups -OCH3 is 1. The Bertz CT molecular complexity index is 1400. The van der Waals surface area contributed by atoms with Gasteiger partial charge in [-0.3, -0.25) is 14.1 Å². The lowest BCUT2D eigenvalue weighted by Gasteiger charge is -2.29. The van der Waals surface area contributed by atoms with E-state index in [9.17, 15) is 4.79 Å². The van der Waals surface area contributed by atoms with E-state index in [4.69, 9.17) is 9.47 Å². The van der Waals surface area contributed by atoms with E-state index in [1.54, 1.807) is 11.7 Å². The van der Waals surface area contributed by atoms with Crippen LogP contribution in [-0.4, -0.2) is 59.5 Å². The molecule has 0 radical (unpaired) electrons. The molecule has 1 aliphatic rings. The molecule has 2 atom stereocenters. The predicted octanol–water partition coefficient (Wildman–Crippen LogP) is 5.02. The van der Waals surface area contributed by atoms with Gasteiger partial charge in [-0.2, -0.15) is 0 Å². The SMILES string of the molecule is CO[C@H]1CCC[C@@H](n2c(=O)n(C)c3cnc4ccc(-c5ccc(OCCCN(C)C)cc5)cc4c32)C1. The van der Waals surface area contributed by atoms with Gasteiger partial charge in [0.2, 0.25) is 0 Å². The van der Waals surface area contributed by atoms with Crippen LogP contribution in [0.3, 0.4) is 0 Å². The molecule has 2 heterocycles. The third-order valence-corrected chi connectivity index (χ3v) is 7.42. The Morgan fingerprint density at radius 3 is 2.61 bits per heavy atom. The number of rotatable bonds is 8. The van der Waals surface area contributed by atoms with Gasteiger partial charge in [0.1, 0.15) is 5.75 Å². The summed E-state index contributed by atoms with van der Waals surface area (Å²) in [6.07, 6.45) is 6.96. The Kier molecular flexibility index (Phi) is 7.12. The second-order valence-electron chi connectivity index (χ2n) is 10.1. The van der Waals surface area contributed by atoms with E-state index in [0.717, 1.165) is 77.5 Å². The molecule has 0 aliphatic heterocycles. The molecule has 36 heavy (non-hydrogen) atoms. The molecule has 0 spiro atoms. The lowest BCUT2D eigenvalue weighted by molar-refractivity contribution is 0.0531. The first-order chi connectivity index (χ1) is 17.5. The van der Waals surface area contributed by atoms with Gasteiger partial charge in [0.05, 0.1) is 35.5 Å². The van der Waals surface area contributed by atoms with Crippen molar-refractivity contribution >= 4 is 21.9 Å². The van der Waals surface area contributed by atoms with Crippen LogP contribution in [0.5, 0.6) is 5.75 Å². The van der Waals surface area contributed by atoms with Crippen molar-refractivity contribution in [2.24, 2.45) is 7.05 Å². The van der Waals surface area contributed by atoms with Gasteiger partial charge in [-0.1, -0.05) is 18.2 Å². The molecule has 5 rings (SSSR count). The van der Waals surface area contributed by atoms with E-state index in [1.807, 2.05) is 29.9 Å². The van der Waals surface area contributed by atoms with Crippen molar-refractivity contribution in [2.75, 3.05) is 34.4 Å². The lowest BCUT2D eigenvalue weighted by atomic mass is 9.92. The minimum atomic E-state index is 0.0159. The molecule has 0 amide bonds. The molecule has 0 bridgehead atoms. The van der Waals surface area contributed by atoms with E-state index in [1.165, 1.54) is 0 Å². The van der Waals surface area contributed by atoms with Crippen molar-refractivity contribution in [3.05, 3.63) is 59.1 Å². The number of imidazole rings is 1. The van der Waals surface area contributed by atoms with Crippen LogP contribution < -0.4 is 10.4 Å². The van der Waals surface area contributed by atoms with E-state index < -0.39 is 0 Å². The minimum absolute atomic E-state index is 0.0159. The van der Waals surface area contributed by atoms with Gasteiger partial charge >= 0.3 is 5.69 Å². The minimum Gasteiger partial charge on any atom is -0.494 e. The topological polar surface area (TPSA) is 61.5 Å². The van der Waals surface area contributed by atoms with Crippen LogP contribution in [0.15, 0.2) is 53.5 Å². The average molecular weight is 489 g/mol. The smallest absolute Gasteiger partial charge is 0.329 e. The zero-order chi connectivity index (χ0) is 25.2. The van der Waals surface area contributed by atoms with Gasteiger partial charge in [0.15, 0.2) is 0 Å². The summed E-state index contributed by atoms with van der Waals surface area (Å²) in [5, 5.41) is 1.01. The predicted molar refractivity (Wildman–Crippen MR) is 145 cm³/mol. The van der Waals surface area contributed by atoms with E-state index in [0.29, 0.717) is 6.61 Å². The fourth-order valence-corrected chi connectivity index (χ4v) is 5.43. The fraction of sp³-hybridized carbons (Fsp3) is 0.448. The fourth-order valence-electron chi connectivity index (χ4n) is 5.43. The number of ether oxygens (including phenoxy) is 2. The first-order valence-corrected chi connectivity index (χ1v) is 12.9. The van der Waals surface area contributed by atoms with Crippen molar-refractivity contribution in [1.82, 2.24) is 19.0 Å². The monoisotopic (exact) mass is 488 g/mol. The van der Waals surface area contributed by atoms with Crippen molar-refractivity contribution < 1.29 is 9.47 Å². The van der Waals surface area contributed by atoms with Crippen LogP contribution in [0.25, 0.3) is 33.1 Å². The van der Waals surface area contributed by atoms with Crippen molar-refractivity contribution in [3.8, 4) is 16.9 Å². The molecule has 0 N–H and O–H groups in total. The summed E-state index contributed by atoms with van der Waals surface area (Å²) in [6.45, 7) is 1.71. The number of pyridine rings is 1. The van der Waals surface area contributed by atoms with E-state index in [-0.39, 0.29) is 17.8 Å². The largest absolute Gasteiger partial charge is 0.494 e. The Hall–Kier alpha value is -3.16. The van der Waals surface area contributed by atoms with Crippen LogP contribution in [0.2, 0.25) is 0 Å². The maximum Gasteiger partial charge on any atom is 0.329 e. The molecule has 0 saturated heterocycles. The highest BCUT2D eigenvalue weighted by Crippen LogP contribution is 2.35. The third-order valence-electron chi connectivity index (χ3n) is 7.42. The van der Waals surface area contributed by atoms with Gasteiger partial charge in [-0.05, 0) is 81.6 Å². The molecule has 0 unspecified atom stereocenters. The summed E-state index contributed by atoms with van der Waals surface area (Å²) in [5.74, 6) is 0.879. The van der Waals surface area contributed by atoms with Crippen molar-refractivity contribution in [2.45, 2.75) is 44.2 Å². The molecular formula is C29H36N4O3. The second-order valence-corrected chi connectivity index (χ2v) is 10.1. The number of hydrogen-bond donors (Lipinski definition) is 0. The number of nitrogens with zero attached hydrogens (tertiary/aromatic N) is 4. The molecule has 1 aliphatic carbocycles. The Morgan fingerprint density at radius 1 is 1.08 bits per heavy atom. The number of aromatic nitrogens is 3. The zero-order valence-electron chi connectivity index (χ0n) is 21.7. The van der Waals surface area contributed by atoms with Crippen LogP contribution in [0, 0.1) is 0 Å². The summed E-state index contributed by atoms with van der Waals surface area (Å²) in [5.41, 5.74) is 4.95. The number of hydrogen-bond acceptors (Lipinski definition) is 5. The van der Waals surface area contributed by atoms with Crippen LogP contribution in [0.4, 0.5) is 0 Å². The molecule has 4 aromatic rings. The maximum atomic E-state index is 13.4. The van der Waals surface area contributed by atoms with Gasteiger partial charge in [0.25, 0.3) is 0 Å². The van der Waals surface area contributed by atoms with E-state index >= 15 is 0 Å². The Balaban J connectivity index is 1.51. The number of benzene rings is 2. The first-order valence-electron chi connectivity index (χ1n) is 12.9. The highest BCUT2D eigenvalue weighted by Gasteiger charge is 2.27. The van der Waals surface area contributed by atoms with Gasteiger partial charge in [-0.25, -0.2) is 4.79 Å². The summed E-state index contributed by atoms with van der Waals surface area (Å²) in [7, 11) is 7.75. The van der Waals surface area contributed by atoms with Gasteiger partial charge in [0, 0.05) is 32.1 Å². The molecular weight excluding hydrogens is 452 g/mol. The Labute approximate surface area is 212 Å². The maximum absolute atomic E-state index is 13.4. The average Bonchev–Trinajstić information content (AvgIpc) is 3.16. The molecule has 7 nitrogen and oxygen atoms in total. The molecule has 2 aromatic carbocycles. The van der Waals surface area contributed by atoms with Crippen molar-refractivity contribution in [3.63, 3.8) is 0 Å². The van der Waals surface area contributed by atoms with Gasteiger partial charge in [-0.15, -0.1) is 0 Å².